The Kier molecular flexibility index (Phi) is 8.72. The lowest BCUT2D eigenvalue weighted by Crippen LogP contribution is -2.35. The van der Waals surface area contributed by atoms with Gasteiger partial charge in [0, 0.05) is 36.0 Å². The monoisotopic (exact) mass is 565 g/mol. The number of aromatic nitrogens is 1. The van der Waals surface area contributed by atoms with E-state index in [4.69, 9.17) is 0 Å². The third-order valence-corrected chi connectivity index (χ3v) is 7.08. The van der Waals surface area contributed by atoms with Gasteiger partial charge >= 0.3 is 12.0 Å². The van der Waals surface area contributed by atoms with E-state index in [-0.39, 0.29) is 31.2 Å². The second kappa shape index (κ2) is 12.9. The molecule has 0 spiro atoms. The molecule has 1 aliphatic rings. The number of benzene rings is 3. The van der Waals surface area contributed by atoms with Crippen molar-refractivity contribution >= 4 is 46.0 Å². The molecule has 0 saturated heterocycles. The van der Waals surface area contributed by atoms with E-state index in [2.05, 4.69) is 20.9 Å². The van der Waals surface area contributed by atoms with E-state index in [0.29, 0.717) is 24.3 Å². The maximum Gasteiger partial charge on any atom is 0.319 e. The highest BCUT2D eigenvalue weighted by atomic mass is 16.4. The summed E-state index contributed by atoms with van der Waals surface area (Å²) in [5, 5.41) is 18.6. The molecule has 0 fully saturated rings. The molecule has 42 heavy (non-hydrogen) atoms. The second-order valence-electron chi connectivity index (χ2n) is 10.2. The zero-order valence-corrected chi connectivity index (χ0v) is 22.9. The zero-order valence-electron chi connectivity index (χ0n) is 22.9. The van der Waals surface area contributed by atoms with Crippen molar-refractivity contribution < 1.29 is 24.3 Å². The average molecular weight is 566 g/mol. The van der Waals surface area contributed by atoms with Gasteiger partial charge in [0.05, 0.1) is 30.9 Å². The SMILES string of the molecule is O=C(O)CC(NC(=O)CC(=O)CN1CCc2ccc(NC(=O)NCc3ccccc3)cc21)c1cnc2ccccc2c1. The van der Waals surface area contributed by atoms with Gasteiger partial charge in [0.2, 0.25) is 5.91 Å². The number of urea groups is 1. The number of rotatable bonds is 11. The normalized spacial score (nSPS) is 12.8. The minimum atomic E-state index is -1.08. The summed E-state index contributed by atoms with van der Waals surface area (Å²) >= 11 is 0. The zero-order chi connectivity index (χ0) is 29.5. The van der Waals surface area contributed by atoms with Crippen LogP contribution in [-0.2, 0) is 27.3 Å². The van der Waals surface area contributed by atoms with Crippen LogP contribution in [0.25, 0.3) is 10.9 Å². The van der Waals surface area contributed by atoms with Crippen LogP contribution >= 0.6 is 0 Å². The summed E-state index contributed by atoms with van der Waals surface area (Å²) in [6.07, 6.45) is 1.56. The smallest absolute Gasteiger partial charge is 0.319 e. The Balaban J connectivity index is 1.17. The Hall–Kier alpha value is -5.25. The molecule has 10 heteroatoms. The van der Waals surface area contributed by atoms with Gasteiger partial charge < -0.3 is 26.0 Å². The Morgan fingerprint density at radius 1 is 0.952 bits per heavy atom. The first-order valence-electron chi connectivity index (χ1n) is 13.7. The molecule has 0 aliphatic carbocycles. The van der Waals surface area contributed by atoms with Crippen LogP contribution in [0.5, 0.6) is 0 Å². The molecule has 1 unspecified atom stereocenters. The molecule has 3 amide bonds. The molecule has 2 heterocycles. The third kappa shape index (κ3) is 7.28. The number of aliphatic carboxylic acids is 1. The van der Waals surface area contributed by atoms with Gasteiger partial charge in [-0.15, -0.1) is 0 Å². The molecule has 3 aromatic carbocycles. The van der Waals surface area contributed by atoms with Crippen LogP contribution in [0.2, 0.25) is 0 Å². The van der Waals surface area contributed by atoms with Crippen LogP contribution in [-0.4, -0.2) is 46.9 Å². The number of anilines is 2. The van der Waals surface area contributed by atoms with Crippen LogP contribution in [0.15, 0.2) is 85.1 Å². The first-order valence-corrected chi connectivity index (χ1v) is 13.7. The number of nitrogens with zero attached hydrogens (tertiary/aromatic N) is 2. The van der Waals surface area contributed by atoms with Crippen molar-refractivity contribution in [2.24, 2.45) is 0 Å². The third-order valence-electron chi connectivity index (χ3n) is 7.08. The number of carboxylic acids is 1. The Labute approximate surface area is 242 Å². The van der Waals surface area contributed by atoms with Crippen molar-refractivity contribution in [3.05, 3.63) is 102 Å². The predicted molar refractivity (Wildman–Crippen MR) is 159 cm³/mol. The fourth-order valence-electron chi connectivity index (χ4n) is 5.04. The maximum absolute atomic E-state index is 12.9. The highest BCUT2D eigenvalue weighted by Crippen LogP contribution is 2.31. The highest BCUT2D eigenvalue weighted by Gasteiger charge is 2.25. The molecule has 10 nitrogen and oxygen atoms in total. The molecule has 214 valence electrons. The van der Waals surface area contributed by atoms with E-state index in [1.165, 1.54) is 0 Å². The van der Waals surface area contributed by atoms with Gasteiger partial charge in [0.15, 0.2) is 5.78 Å². The van der Waals surface area contributed by atoms with E-state index < -0.39 is 17.9 Å². The van der Waals surface area contributed by atoms with Crippen LogP contribution in [0.3, 0.4) is 0 Å². The first kappa shape index (κ1) is 28.3. The largest absolute Gasteiger partial charge is 0.481 e. The number of carboxylic acid groups (broad SMARTS) is 1. The molecule has 1 atom stereocenters. The summed E-state index contributed by atoms with van der Waals surface area (Å²) < 4.78 is 0. The van der Waals surface area contributed by atoms with Crippen molar-refractivity contribution in [1.29, 1.82) is 0 Å². The minimum Gasteiger partial charge on any atom is -0.481 e. The average Bonchev–Trinajstić information content (AvgIpc) is 3.37. The number of carbonyl (C=O) groups excluding carboxylic acids is 3. The Morgan fingerprint density at radius 2 is 1.74 bits per heavy atom. The van der Waals surface area contributed by atoms with Gasteiger partial charge in [0.25, 0.3) is 0 Å². The molecule has 4 aromatic rings. The molecular weight excluding hydrogens is 534 g/mol. The summed E-state index contributed by atoms with van der Waals surface area (Å²) in [7, 11) is 0. The number of Topliss-reactive ketones (excluding diaryl/α,β-unsaturated/α-hetero) is 1. The van der Waals surface area contributed by atoms with Gasteiger partial charge in [-0.3, -0.25) is 19.4 Å². The van der Waals surface area contributed by atoms with E-state index >= 15 is 0 Å². The highest BCUT2D eigenvalue weighted by molar-refractivity contribution is 6.00. The summed E-state index contributed by atoms with van der Waals surface area (Å²) in [5.41, 5.74) is 4.77. The number of nitrogens with one attached hydrogen (secondary N) is 3. The van der Waals surface area contributed by atoms with Crippen molar-refractivity contribution in [2.75, 3.05) is 23.3 Å². The predicted octanol–water partition coefficient (Wildman–Crippen LogP) is 4.21. The second-order valence-corrected chi connectivity index (χ2v) is 10.2. The molecule has 1 aromatic heterocycles. The fraction of sp³-hybridized carbons (Fsp3) is 0.219. The maximum atomic E-state index is 12.9. The van der Waals surface area contributed by atoms with Crippen LogP contribution in [0, 0.1) is 0 Å². The quantitative estimate of drug-likeness (QED) is 0.200. The molecule has 1 aliphatic heterocycles. The summed E-state index contributed by atoms with van der Waals surface area (Å²) in [4.78, 5) is 55.9. The van der Waals surface area contributed by atoms with E-state index in [1.54, 1.807) is 12.3 Å². The van der Waals surface area contributed by atoms with Gasteiger partial charge in [0.1, 0.15) is 0 Å². The van der Waals surface area contributed by atoms with E-state index in [9.17, 15) is 24.3 Å². The number of amides is 3. The summed E-state index contributed by atoms with van der Waals surface area (Å²) in [5.74, 6) is -1.93. The lowest BCUT2D eigenvalue weighted by Gasteiger charge is -2.20. The molecule has 0 radical (unpaired) electrons. The van der Waals surface area contributed by atoms with Crippen molar-refractivity contribution in [1.82, 2.24) is 15.6 Å². The fourth-order valence-corrected chi connectivity index (χ4v) is 5.04. The number of hydrogen-bond donors (Lipinski definition) is 4. The van der Waals surface area contributed by atoms with E-state index in [1.807, 2.05) is 77.7 Å². The Morgan fingerprint density at radius 3 is 2.55 bits per heavy atom. The van der Waals surface area contributed by atoms with Gasteiger partial charge in [-0.2, -0.15) is 0 Å². The van der Waals surface area contributed by atoms with Crippen molar-refractivity contribution in [2.45, 2.75) is 31.8 Å². The minimum absolute atomic E-state index is 0.0191. The van der Waals surface area contributed by atoms with Gasteiger partial charge in [-0.05, 0) is 47.4 Å². The number of carbonyl (C=O) groups is 4. The van der Waals surface area contributed by atoms with Gasteiger partial charge in [-0.1, -0.05) is 54.6 Å². The van der Waals surface area contributed by atoms with Crippen LogP contribution < -0.4 is 20.9 Å². The van der Waals surface area contributed by atoms with Gasteiger partial charge in [-0.25, -0.2) is 4.79 Å². The molecule has 0 bridgehead atoms. The number of pyridine rings is 1. The van der Waals surface area contributed by atoms with Crippen molar-refractivity contribution in [3.63, 3.8) is 0 Å². The summed E-state index contributed by atoms with van der Waals surface area (Å²) in [6, 6.07) is 23.2. The Bertz CT molecular complexity index is 1620. The molecular formula is C32H31N5O5. The molecule has 4 N–H and O–H groups in total. The number of hydrogen-bond acceptors (Lipinski definition) is 6. The topological polar surface area (TPSA) is 141 Å². The van der Waals surface area contributed by atoms with E-state index in [0.717, 1.165) is 34.1 Å². The van der Waals surface area contributed by atoms with Crippen LogP contribution in [0.4, 0.5) is 16.2 Å². The lowest BCUT2D eigenvalue weighted by atomic mass is 10.0. The lowest BCUT2D eigenvalue weighted by molar-refractivity contribution is -0.137. The standard InChI is InChI=1S/C32H31N5O5/c38-26(16-30(39)36-28(17-31(40)41)24-14-23-8-4-5-9-27(23)33-19-24)20-37-13-12-22-10-11-25(15-29(22)37)35-32(42)34-18-21-6-2-1-3-7-21/h1-11,14-15,19,28H,12-13,16-18,20H2,(H,36,39)(H,40,41)(H2,34,35,42). The molecule has 5 rings (SSSR count). The van der Waals surface area contributed by atoms with Crippen molar-refractivity contribution in [3.8, 4) is 0 Å². The first-order chi connectivity index (χ1) is 20.3. The number of para-hydroxylation sites is 1. The van der Waals surface area contributed by atoms with Crippen LogP contribution in [0.1, 0.15) is 35.6 Å². The molecule has 0 saturated carbocycles. The number of ketones is 1. The summed E-state index contributed by atoms with van der Waals surface area (Å²) in [6.45, 7) is 1.02. The number of fused-ring (bicyclic) bond motifs is 2.